The summed E-state index contributed by atoms with van der Waals surface area (Å²) in [5, 5.41) is 8.80. The second kappa shape index (κ2) is 12.0. The highest BCUT2D eigenvalue weighted by Gasteiger charge is 2.51. The van der Waals surface area contributed by atoms with Gasteiger partial charge < -0.3 is 19.2 Å². The zero-order valence-corrected chi connectivity index (χ0v) is 20.5. The molecule has 1 amide bonds. The van der Waals surface area contributed by atoms with E-state index in [1.807, 2.05) is 13.1 Å². The maximum atomic E-state index is 12.9. The lowest BCUT2D eigenvalue weighted by molar-refractivity contribution is -0.136. The topological polar surface area (TPSA) is 92.9 Å². The highest BCUT2D eigenvalue weighted by atomic mass is 16.5. The minimum absolute atomic E-state index is 0.0465. The molecule has 0 radical (unpaired) electrons. The Hall–Kier alpha value is -2.15. The molecule has 0 aromatic carbocycles. The number of hydrogen-bond donors (Lipinski definition) is 1. The molecule has 0 spiro atoms. The smallest absolute Gasteiger partial charge is 0.303 e. The molecule has 4 atom stereocenters. The number of rotatable bonds is 12. The van der Waals surface area contributed by atoms with Crippen LogP contribution < -0.4 is 0 Å². The van der Waals surface area contributed by atoms with E-state index in [1.54, 1.807) is 4.90 Å². The second-order valence-corrected chi connectivity index (χ2v) is 10.4. The summed E-state index contributed by atoms with van der Waals surface area (Å²) in [5.41, 5.74) is 0.378. The number of carbonyl (C=O) groups is 2. The summed E-state index contributed by atoms with van der Waals surface area (Å²) in [7, 11) is 1.85. The molecule has 188 valence electrons. The van der Waals surface area contributed by atoms with Gasteiger partial charge in [0.05, 0.1) is 18.1 Å². The molecule has 2 saturated heterocycles. The van der Waals surface area contributed by atoms with E-state index in [1.165, 1.54) is 51.2 Å². The van der Waals surface area contributed by atoms with Gasteiger partial charge in [-0.05, 0) is 38.0 Å². The van der Waals surface area contributed by atoms with Crippen LogP contribution in [0, 0.1) is 11.8 Å². The van der Waals surface area contributed by atoms with E-state index in [9.17, 15) is 9.59 Å². The average molecular weight is 473 g/mol. The fourth-order valence-electron chi connectivity index (χ4n) is 6.09. The predicted molar refractivity (Wildman–Crippen MR) is 129 cm³/mol. The number of ether oxygens (including phenoxy) is 1. The van der Waals surface area contributed by atoms with E-state index in [2.05, 4.69) is 11.1 Å². The van der Waals surface area contributed by atoms with E-state index in [4.69, 9.17) is 14.3 Å². The third-order valence-corrected chi connectivity index (χ3v) is 7.98. The van der Waals surface area contributed by atoms with Crippen LogP contribution in [0.4, 0.5) is 0 Å². The number of aliphatic carboxylic acids is 1. The molecule has 1 aromatic rings. The lowest BCUT2D eigenvalue weighted by Gasteiger charge is -2.24. The molecular weight excluding hydrogens is 432 g/mol. The first-order chi connectivity index (χ1) is 16.5. The summed E-state index contributed by atoms with van der Waals surface area (Å²) < 4.78 is 12.0. The minimum Gasteiger partial charge on any atom is -0.481 e. The highest BCUT2D eigenvalue weighted by molar-refractivity contribution is 5.91. The normalized spacial score (nSPS) is 27.0. The monoisotopic (exact) mass is 472 g/mol. The minimum atomic E-state index is -0.781. The summed E-state index contributed by atoms with van der Waals surface area (Å²) >= 11 is 0. The first-order valence-electron chi connectivity index (χ1n) is 13.3. The lowest BCUT2D eigenvalue weighted by Crippen LogP contribution is -2.28. The van der Waals surface area contributed by atoms with Gasteiger partial charge in [-0.3, -0.25) is 9.59 Å². The van der Waals surface area contributed by atoms with Gasteiger partial charge in [0.1, 0.15) is 6.26 Å². The summed E-state index contributed by atoms with van der Waals surface area (Å²) in [6.45, 7) is 0.745. The largest absolute Gasteiger partial charge is 0.481 e. The molecule has 34 heavy (non-hydrogen) atoms. The number of fused-ring (bicyclic) bond motifs is 2. The van der Waals surface area contributed by atoms with Crippen LogP contribution in [-0.4, -0.2) is 52.7 Å². The fourth-order valence-corrected chi connectivity index (χ4v) is 6.09. The van der Waals surface area contributed by atoms with Crippen molar-refractivity contribution in [2.75, 3.05) is 13.6 Å². The van der Waals surface area contributed by atoms with Crippen LogP contribution >= 0.6 is 0 Å². The van der Waals surface area contributed by atoms with E-state index >= 15 is 0 Å². The molecule has 1 aromatic heterocycles. The van der Waals surface area contributed by atoms with Gasteiger partial charge in [-0.1, -0.05) is 57.1 Å². The predicted octanol–water partition coefficient (Wildman–Crippen LogP) is 5.57. The van der Waals surface area contributed by atoms with Gasteiger partial charge in [0.25, 0.3) is 5.91 Å². The Morgan fingerprint density at radius 2 is 1.91 bits per heavy atom. The zero-order valence-electron chi connectivity index (χ0n) is 20.5. The Kier molecular flexibility index (Phi) is 8.81. The Bertz CT molecular complexity index is 844. The number of nitrogens with zero attached hydrogens (tertiary/aromatic N) is 2. The number of hydrogen-bond acceptors (Lipinski definition) is 5. The third kappa shape index (κ3) is 6.29. The van der Waals surface area contributed by atoms with Gasteiger partial charge in [-0.2, -0.15) is 0 Å². The van der Waals surface area contributed by atoms with Crippen molar-refractivity contribution in [3.8, 4) is 0 Å². The van der Waals surface area contributed by atoms with Crippen LogP contribution in [0.2, 0.25) is 0 Å². The summed E-state index contributed by atoms with van der Waals surface area (Å²) in [5.74, 6) is 0.921. The lowest BCUT2D eigenvalue weighted by atomic mass is 9.77. The first-order valence-corrected chi connectivity index (χ1v) is 13.3. The molecule has 0 unspecified atom stereocenters. The van der Waals surface area contributed by atoms with E-state index in [-0.39, 0.29) is 36.4 Å². The van der Waals surface area contributed by atoms with E-state index < -0.39 is 5.97 Å². The maximum absolute atomic E-state index is 12.9. The average Bonchev–Trinajstić information content (AvgIpc) is 3.58. The summed E-state index contributed by atoms with van der Waals surface area (Å²) in [4.78, 5) is 30.0. The number of carbonyl (C=O) groups excluding carboxylic acids is 1. The Morgan fingerprint density at radius 3 is 2.71 bits per heavy atom. The molecule has 7 nitrogen and oxygen atoms in total. The molecular formula is C27H40N2O5. The quantitative estimate of drug-likeness (QED) is 0.316. The number of carboxylic acid groups (broad SMARTS) is 1. The van der Waals surface area contributed by atoms with Gasteiger partial charge in [-0.25, -0.2) is 4.98 Å². The molecule has 1 saturated carbocycles. The van der Waals surface area contributed by atoms with Crippen molar-refractivity contribution in [1.82, 2.24) is 9.88 Å². The van der Waals surface area contributed by atoms with E-state index in [0.717, 1.165) is 38.1 Å². The molecule has 2 aliphatic heterocycles. The van der Waals surface area contributed by atoms with Gasteiger partial charge >= 0.3 is 5.97 Å². The zero-order chi connectivity index (χ0) is 23.9. The van der Waals surface area contributed by atoms with Crippen molar-refractivity contribution in [3.05, 3.63) is 30.0 Å². The highest BCUT2D eigenvalue weighted by Crippen LogP contribution is 2.50. The van der Waals surface area contributed by atoms with Crippen molar-refractivity contribution in [2.45, 2.75) is 102 Å². The van der Waals surface area contributed by atoms with Crippen molar-refractivity contribution in [3.63, 3.8) is 0 Å². The summed E-state index contributed by atoms with van der Waals surface area (Å²) in [6, 6.07) is 0. The van der Waals surface area contributed by atoms with Gasteiger partial charge in [-0.15, -0.1) is 0 Å². The molecule has 3 fully saturated rings. The van der Waals surface area contributed by atoms with Crippen LogP contribution in [0.3, 0.4) is 0 Å². The molecule has 4 rings (SSSR count). The van der Waals surface area contributed by atoms with Gasteiger partial charge in [0, 0.05) is 25.9 Å². The number of carboxylic acids is 1. The first kappa shape index (κ1) is 25.0. The molecule has 7 heteroatoms. The van der Waals surface area contributed by atoms with Gasteiger partial charge in [0.15, 0.2) is 5.69 Å². The van der Waals surface area contributed by atoms with Crippen LogP contribution in [0.25, 0.3) is 0 Å². The molecule has 3 heterocycles. The molecule has 3 aliphatic rings. The molecule has 1 N–H and O–H groups in total. The summed E-state index contributed by atoms with van der Waals surface area (Å²) in [6.07, 6.45) is 19.7. The van der Waals surface area contributed by atoms with Gasteiger partial charge in [0.2, 0.25) is 5.89 Å². The Labute approximate surface area is 202 Å². The third-order valence-electron chi connectivity index (χ3n) is 7.98. The van der Waals surface area contributed by atoms with Crippen LogP contribution in [0.5, 0.6) is 0 Å². The van der Waals surface area contributed by atoms with Crippen LogP contribution in [-0.2, 0) is 9.53 Å². The Morgan fingerprint density at radius 1 is 1.12 bits per heavy atom. The maximum Gasteiger partial charge on any atom is 0.303 e. The number of oxazole rings is 1. The standard InChI is InChI=1S/C27H40N2O5/c1-29(17-9-8-12-19-10-4-2-5-11-19)27(32)21-18-33-26(28-21)25-20(22-15-16-23(25)34-22)13-6-3-7-14-24(30)31/h3,6,18-20,22-23,25H,2,4-5,7-17H2,1H3,(H,30,31)/b6-3-/t20-,22-,23+,25-/m0/s1. The number of aromatic nitrogens is 1. The van der Waals surface area contributed by atoms with Crippen molar-refractivity contribution < 1.29 is 23.8 Å². The van der Waals surface area contributed by atoms with Crippen LogP contribution in [0.1, 0.15) is 106 Å². The fraction of sp³-hybridized carbons (Fsp3) is 0.741. The Balaban J connectivity index is 1.27. The van der Waals surface area contributed by atoms with E-state index in [0.29, 0.717) is 18.0 Å². The SMILES string of the molecule is CN(CCCCC1CCCCC1)C(=O)c1coc([C@H]2[C@@H](C/C=C\CCC(=O)O)[C@@H]3CC[C@H]2O3)n1. The molecule has 1 aliphatic carbocycles. The van der Waals surface area contributed by atoms with Crippen molar-refractivity contribution in [2.24, 2.45) is 11.8 Å². The van der Waals surface area contributed by atoms with Crippen molar-refractivity contribution >= 4 is 11.9 Å². The second-order valence-electron chi connectivity index (χ2n) is 10.4. The number of allylic oxidation sites excluding steroid dienone is 2. The molecule has 2 bridgehead atoms. The van der Waals surface area contributed by atoms with Crippen LogP contribution in [0.15, 0.2) is 22.8 Å². The number of unbranched alkanes of at least 4 members (excludes halogenated alkanes) is 1. The number of amides is 1. The van der Waals surface area contributed by atoms with Crippen molar-refractivity contribution in [1.29, 1.82) is 0 Å².